The van der Waals surface area contributed by atoms with E-state index in [9.17, 15) is 19.2 Å². The molecule has 0 unspecified atom stereocenters. The van der Waals surface area contributed by atoms with E-state index in [4.69, 9.17) is 0 Å². The average Bonchev–Trinajstić information content (AvgIpc) is 3.36. The van der Waals surface area contributed by atoms with Crippen LogP contribution in [-0.4, -0.2) is 28.3 Å². The first-order chi connectivity index (χ1) is 21.8. The smallest absolute Gasteiger partial charge is 0.335 e. The molecule has 0 spiro atoms. The van der Waals surface area contributed by atoms with Gasteiger partial charge < -0.3 is 9.88 Å². The number of benzene rings is 3. The number of para-hydroxylation sites is 2. The minimum atomic E-state index is -0.760. The standard InChI is InChI=1S/C37H34N4O4/c42-33(38-28-6-2-1-3-7-28)22-40-21-26(30-8-4-5-9-32(30)40)17-31-34(43)39-36(45)41(35(31)44)29-12-10-27(11-13-29)37-18-23-14-24(19-37)16-25(15-23)20-37/h1-13,17,21,23-25H,14-16,18-20,22H2,(H,38,42)(H,39,43,45)/b31-17-. The number of hydrogen-bond acceptors (Lipinski definition) is 4. The summed E-state index contributed by atoms with van der Waals surface area (Å²) in [6.07, 6.45) is 11.0. The van der Waals surface area contributed by atoms with Gasteiger partial charge in [-0.1, -0.05) is 48.5 Å². The first kappa shape index (κ1) is 27.6. The van der Waals surface area contributed by atoms with E-state index < -0.39 is 17.8 Å². The van der Waals surface area contributed by atoms with Gasteiger partial charge in [-0.3, -0.25) is 19.7 Å². The Hall–Kier alpha value is -4.98. The molecule has 2 heterocycles. The van der Waals surface area contributed by atoms with E-state index in [0.29, 0.717) is 16.9 Å². The van der Waals surface area contributed by atoms with Crippen LogP contribution in [-0.2, 0) is 26.3 Å². The van der Waals surface area contributed by atoms with Gasteiger partial charge in [-0.15, -0.1) is 0 Å². The van der Waals surface area contributed by atoms with E-state index in [-0.39, 0.29) is 23.4 Å². The number of fused-ring (bicyclic) bond motifs is 1. The van der Waals surface area contributed by atoms with E-state index >= 15 is 0 Å². The molecule has 1 aromatic heterocycles. The van der Waals surface area contributed by atoms with E-state index in [1.54, 1.807) is 10.8 Å². The summed E-state index contributed by atoms with van der Waals surface area (Å²) in [5.41, 5.74) is 3.87. The lowest BCUT2D eigenvalue weighted by Crippen LogP contribution is -2.54. The number of urea groups is 1. The minimum Gasteiger partial charge on any atom is -0.337 e. The second kappa shape index (κ2) is 10.6. The van der Waals surface area contributed by atoms with Gasteiger partial charge in [0.05, 0.1) is 5.69 Å². The molecular weight excluding hydrogens is 564 g/mol. The van der Waals surface area contributed by atoms with Crippen LogP contribution in [0.25, 0.3) is 17.0 Å². The van der Waals surface area contributed by atoms with Gasteiger partial charge in [-0.2, -0.15) is 0 Å². The number of aromatic nitrogens is 1. The van der Waals surface area contributed by atoms with Crippen molar-refractivity contribution in [2.75, 3.05) is 10.2 Å². The molecule has 4 saturated carbocycles. The highest BCUT2D eigenvalue weighted by Crippen LogP contribution is 2.60. The summed E-state index contributed by atoms with van der Waals surface area (Å²) < 4.78 is 1.79. The van der Waals surface area contributed by atoms with Gasteiger partial charge in [-0.25, -0.2) is 9.69 Å². The minimum absolute atomic E-state index is 0.0411. The van der Waals surface area contributed by atoms with E-state index in [2.05, 4.69) is 22.8 Å². The molecule has 0 radical (unpaired) electrons. The monoisotopic (exact) mass is 598 g/mol. The number of nitrogens with one attached hydrogen (secondary N) is 2. The highest BCUT2D eigenvalue weighted by Gasteiger charge is 2.51. The number of amides is 5. The van der Waals surface area contributed by atoms with E-state index in [1.807, 2.05) is 66.7 Å². The van der Waals surface area contributed by atoms with Crippen molar-refractivity contribution < 1.29 is 19.2 Å². The summed E-state index contributed by atoms with van der Waals surface area (Å²) in [6, 6.07) is 23.8. The van der Waals surface area contributed by atoms with Gasteiger partial charge >= 0.3 is 6.03 Å². The molecule has 0 atom stereocenters. The third-order valence-electron chi connectivity index (χ3n) is 10.4. The quantitative estimate of drug-likeness (QED) is 0.198. The Morgan fingerprint density at radius 3 is 2.18 bits per heavy atom. The maximum atomic E-state index is 13.8. The Labute approximate surface area is 261 Å². The van der Waals surface area contributed by atoms with Crippen LogP contribution in [0.2, 0.25) is 0 Å². The van der Waals surface area contributed by atoms with Crippen LogP contribution in [0.15, 0.2) is 90.6 Å². The van der Waals surface area contributed by atoms with Gasteiger partial charge in [0.15, 0.2) is 0 Å². The van der Waals surface area contributed by atoms with E-state index in [0.717, 1.165) is 33.6 Å². The fourth-order valence-electron chi connectivity index (χ4n) is 8.87. The third-order valence-corrected chi connectivity index (χ3v) is 10.4. The summed E-state index contributed by atoms with van der Waals surface area (Å²) in [4.78, 5) is 53.7. The van der Waals surface area contributed by atoms with Crippen LogP contribution >= 0.6 is 0 Å². The zero-order chi connectivity index (χ0) is 30.7. The van der Waals surface area contributed by atoms with E-state index in [1.165, 1.54) is 50.2 Å². The van der Waals surface area contributed by atoms with Crippen LogP contribution in [0.5, 0.6) is 0 Å². The number of nitrogens with zero attached hydrogens (tertiary/aromatic N) is 2. The van der Waals surface area contributed by atoms with Crippen LogP contribution in [0.3, 0.4) is 0 Å². The molecule has 226 valence electrons. The van der Waals surface area contributed by atoms with Gasteiger partial charge in [0, 0.05) is 28.4 Å². The molecule has 4 aliphatic carbocycles. The van der Waals surface area contributed by atoms with Gasteiger partial charge in [0.2, 0.25) is 5.91 Å². The second-order valence-electron chi connectivity index (χ2n) is 13.3. The molecule has 1 saturated heterocycles. The van der Waals surface area contributed by atoms with Crippen LogP contribution in [0, 0.1) is 17.8 Å². The zero-order valence-corrected chi connectivity index (χ0v) is 24.9. The lowest BCUT2D eigenvalue weighted by molar-refractivity contribution is -0.122. The summed E-state index contributed by atoms with van der Waals surface area (Å²) in [6.45, 7) is 0.0411. The number of carbonyl (C=O) groups excluding carboxylic acids is 4. The molecule has 1 aliphatic heterocycles. The molecule has 45 heavy (non-hydrogen) atoms. The number of hydrogen-bond donors (Lipinski definition) is 2. The molecule has 2 N–H and O–H groups in total. The maximum Gasteiger partial charge on any atom is 0.335 e. The van der Waals surface area contributed by atoms with Crippen molar-refractivity contribution in [3.05, 3.63) is 102 Å². The van der Waals surface area contributed by atoms with Crippen LogP contribution in [0.1, 0.15) is 49.7 Å². The third kappa shape index (κ3) is 4.85. The number of carbonyl (C=O) groups is 4. The Kier molecular flexibility index (Phi) is 6.48. The SMILES string of the molecule is O=C(Cn1cc(/C=C2/C(=O)NC(=O)N(c3ccc(C45CC6CC(CC(C6)C4)C5)cc3)C2=O)c2ccccc21)Nc1ccccc1. The topological polar surface area (TPSA) is 101 Å². The van der Waals surface area contributed by atoms with Crippen molar-refractivity contribution in [3.8, 4) is 0 Å². The predicted molar refractivity (Wildman–Crippen MR) is 172 cm³/mol. The Bertz CT molecular complexity index is 1850. The fourth-order valence-corrected chi connectivity index (χ4v) is 8.87. The van der Waals surface area contributed by atoms with Crippen molar-refractivity contribution in [3.63, 3.8) is 0 Å². The largest absolute Gasteiger partial charge is 0.337 e. The molecule has 3 aromatic carbocycles. The van der Waals surface area contributed by atoms with Crippen molar-refractivity contribution in [1.82, 2.24) is 9.88 Å². The predicted octanol–water partition coefficient (Wildman–Crippen LogP) is 6.41. The number of rotatable bonds is 6. The lowest BCUT2D eigenvalue weighted by Gasteiger charge is -2.57. The van der Waals surface area contributed by atoms with Crippen molar-refractivity contribution in [2.45, 2.75) is 50.5 Å². The first-order valence-electron chi connectivity index (χ1n) is 15.8. The summed E-state index contributed by atoms with van der Waals surface area (Å²) in [5, 5.41) is 6.02. The highest BCUT2D eigenvalue weighted by atomic mass is 16.2. The average molecular weight is 599 g/mol. The van der Waals surface area contributed by atoms with Crippen LogP contribution < -0.4 is 15.5 Å². The van der Waals surface area contributed by atoms with Gasteiger partial charge in [-0.05, 0) is 104 Å². The van der Waals surface area contributed by atoms with Crippen LogP contribution in [0.4, 0.5) is 16.2 Å². The molecule has 5 aliphatic rings. The summed E-state index contributed by atoms with van der Waals surface area (Å²) in [7, 11) is 0. The molecule has 5 fully saturated rings. The Morgan fingerprint density at radius 2 is 1.49 bits per heavy atom. The summed E-state index contributed by atoms with van der Waals surface area (Å²) in [5.74, 6) is 0.811. The first-order valence-corrected chi connectivity index (χ1v) is 15.8. The molecular formula is C37H34N4O4. The normalized spacial score (nSPS) is 26.5. The Morgan fingerprint density at radius 1 is 0.844 bits per heavy atom. The second-order valence-corrected chi connectivity index (χ2v) is 13.3. The van der Waals surface area contributed by atoms with Crippen molar-refractivity contribution in [2.24, 2.45) is 17.8 Å². The molecule has 8 heteroatoms. The molecule has 4 aromatic rings. The molecule has 5 amide bonds. The summed E-state index contributed by atoms with van der Waals surface area (Å²) >= 11 is 0. The van der Waals surface area contributed by atoms with Gasteiger partial charge in [0.25, 0.3) is 11.8 Å². The zero-order valence-electron chi connectivity index (χ0n) is 24.9. The lowest BCUT2D eigenvalue weighted by atomic mass is 9.48. The van der Waals surface area contributed by atoms with Crippen molar-refractivity contribution in [1.29, 1.82) is 0 Å². The Balaban J connectivity index is 1.07. The number of barbiturate groups is 1. The molecule has 9 rings (SSSR count). The maximum absolute atomic E-state index is 13.8. The van der Waals surface area contributed by atoms with Crippen molar-refractivity contribution >= 4 is 52.1 Å². The highest BCUT2D eigenvalue weighted by molar-refractivity contribution is 6.39. The molecule has 4 bridgehead atoms. The molecule has 8 nitrogen and oxygen atoms in total. The number of imide groups is 2. The number of anilines is 2. The fraction of sp³-hybridized carbons (Fsp3) is 0.297. The van der Waals surface area contributed by atoms with Gasteiger partial charge in [0.1, 0.15) is 12.1 Å².